The van der Waals surface area contributed by atoms with Crippen LogP contribution in [0.3, 0.4) is 0 Å². The number of fused-ring (bicyclic) bond motifs is 1. The normalized spacial score (nSPS) is 16.5. The van der Waals surface area contributed by atoms with Crippen molar-refractivity contribution in [2.24, 2.45) is 0 Å². The average molecular weight is 330 g/mol. The van der Waals surface area contributed by atoms with Gasteiger partial charge >= 0.3 is 0 Å². The molecule has 4 nitrogen and oxygen atoms in total. The summed E-state index contributed by atoms with van der Waals surface area (Å²) in [4.78, 5) is 17.1. The van der Waals surface area contributed by atoms with Crippen molar-refractivity contribution >= 4 is 17.2 Å². The summed E-state index contributed by atoms with van der Waals surface area (Å²) in [5.41, 5.74) is 2.63. The lowest BCUT2D eigenvalue weighted by molar-refractivity contribution is 0.0939. The smallest absolute Gasteiger partial charge is 0.251 e. The molecule has 1 atom stereocenters. The van der Waals surface area contributed by atoms with Crippen molar-refractivity contribution in [2.45, 2.75) is 45.6 Å². The Labute approximate surface area is 140 Å². The van der Waals surface area contributed by atoms with E-state index in [-0.39, 0.29) is 17.4 Å². The highest BCUT2D eigenvalue weighted by Crippen LogP contribution is 2.38. The number of benzene rings is 1. The molecule has 122 valence electrons. The lowest BCUT2D eigenvalue weighted by atomic mass is 9.86. The fourth-order valence-corrected chi connectivity index (χ4v) is 3.54. The van der Waals surface area contributed by atoms with Gasteiger partial charge < -0.3 is 10.1 Å². The third-order valence-electron chi connectivity index (χ3n) is 4.22. The molecule has 1 aromatic heterocycles. The zero-order valence-electron chi connectivity index (χ0n) is 14.0. The van der Waals surface area contributed by atoms with E-state index in [1.807, 2.05) is 30.5 Å². The first kappa shape index (κ1) is 16.0. The second-order valence-electron chi connectivity index (χ2n) is 6.60. The highest BCUT2D eigenvalue weighted by Gasteiger charge is 2.32. The van der Waals surface area contributed by atoms with E-state index in [0.717, 1.165) is 28.4 Å². The van der Waals surface area contributed by atoms with Crippen molar-refractivity contribution in [3.05, 3.63) is 45.4 Å². The van der Waals surface area contributed by atoms with Gasteiger partial charge in [0, 0.05) is 21.9 Å². The summed E-state index contributed by atoms with van der Waals surface area (Å²) in [7, 11) is 0. The van der Waals surface area contributed by atoms with Gasteiger partial charge in [-0.1, -0.05) is 20.8 Å². The van der Waals surface area contributed by atoms with E-state index < -0.39 is 0 Å². The van der Waals surface area contributed by atoms with Crippen LogP contribution in [0.25, 0.3) is 0 Å². The van der Waals surface area contributed by atoms with Gasteiger partial charge in [-0.05, 0) is 31.5 Å². The molecule has 0 fully saturated rings. The number of rotatable bonds is 4. The molecule has 0 spiro atoms. The van der Waals surface area contributed by atoms with E-state index in [1.54, 1.807) is 11.3 Å². The first-order chi connectivity index (χ1) is 10.9. The van der Waals surface area contributed by atoms with Crippen LogP contribution in [0.15, 0.2) is 23.6 Å². The third-order valence-corrected chi connectivity index (χ3v) is 5.23. The molecule has 0 aliphatic carbocycles. The quantitative estimate of drug-likeness (QED) is 0.926. The number of thiazole rings is 1. The first-order valence-corrected chi connectivity index (χ1v) is 8.81. The van der Waals surface area contributed by atoms with Crippen LogP contribution in [-0.4, -0.2) is 17.5 Å². The van der Waals surface area contributed by atoms with E-state index in [9.17, 15) is 4.79 Å². The molecular formula is C18H22N2O2S. The summed E-state index contributed by atoms with van der Waals surface area (Å²) in [5, 5.41) is 6.15. The summed E-state index contributed by atoms with van der Waals surface area (Å²) in [6, 6.07) is 5.56. The highest BCUT2D eigenvalue weighted by atomic mass is 32.1. The summed E-state index contributed by atoms with van der Waals surface area (Å²) in [6.07, 6.45) is 0.922. The van der Waals surface area contributed by atoms with Crippen LogP contribution in [0, 0.1) is 0 Å². The molecule has 0 saturated carbocycles. The second-order valence-corrected chi connectivity index (χ2v) is 7.54. The molecular weight excluding hydrogens is 308 g/mol. The zero-order valence-corrected chi connectivity index (χ0v) is 14.8. The number of carbonyl (C=O) groups is 1. The number of aromatic nitrogens is 1. The first-order valence-electron chi connectivity index (χ1n) is 7.93. The fraction of sp³-hybridized carbons (Fsp3) is 0.444. The SMILES string of the molecule is CCc1nc(C(C)NC(=O)c2ccc3c(c2)C(C)(C)CO3)cs1. The van der Waals surface area contributed by atoms with Gasteiger partial charge in [0.2, 0.25) is 0 Å². The number of hydrogen-bond donors (Lipinski definition) is 1. The molecule has 0 bridgehead atoms. The van der Waals surface area contributed by atoms with E-state index in [4.69, 9.17) is 4.74 Å². The minimum Gasteiger partial charge on any atom is -0.492 e. The number of ether oxygens (including phenoxy) is 1. The summed E-state index contributed by atoms with van der Waals surface area (Å²) in [5.74, 6) is 0.806. The van der Waals surface area contributed by atoms with Crippen molar-refractivity contribution in [1.29, 1.82) is 0 Å². The maximum absolute atomic E-state index is 12.5. The van der Waals surface area contributed by atoms with Crippen LogP contribution in [0.4, 0.5) is 0 Å². The standard InChI is InChI=1S/C18H22N2O2S/c1-5-16-20-14(9-23-16)11(2)19-17(21)12-6-7-15-13(8-12)18(3,4)10-22-15/h6-9,11H,5,10H2,1-4H3,(H,19,21). The number of nitrogens with one attached hydrogen (secondary N) is 1. The average Bonchev–Trinajstić information content (AvgIpc) is 3.12. The molecule has 1 unspecified atom stereocenters. The molecule has 1 N–H and O–H groups in total. The molecule has 23 heavy (non-hydrogen) atoms. The monoisotopic (exact) mass is 330 g/mol. The predicted octanol–water partition coefficient (Wildman–Crippen LogP) is 3.87. The van der Waals surface area contributed by atoms with Gasteiger partial charge in [-0.3, -0.25) is 4.79 Å². The van der Waals surface area contributed by atoms with Crippen molar-refractivity contribution in [3.8, 4) is 5.75 Å². The molecule has 5 heteroatoms. The van der Waals surface area contributed by atoms with Crippen LogP contribution >= 0.6 is 11.3 Å². The minimum atomic E-state index is -0.100. The highest BCUT2D eigenvalue weighted by molar-refractivity contribution is 7.09. The summed E-state index contributed by atoms with van der Waals surface area (Å²) in [6.45, 7) is 8.96. The Morgan fingerprint density at radius 3 is 2.96 bits per heavy atom. The molecule has 1 aliphatic heterocycles. The van der Waals surface area contributed by atoms with Crippen LogP contribution in [0.1, 0.15) is 60.4 Å². The van der Waals surface area contributed by atoms with Crippen molar-refractivity contribution < 1.29 is 9.53 Å². The van der Waals surface area contributed by atoms with Gasteiger partial charge in [0.1, 0.15) is 5.75 Å². The van der Waals surface area contributed by atoms with Gasteiger partial charge in [0.25, 0.3) is 5.91 Å². The number of carbonyl (C=O) groups excluding carboxylic acids is 1. The largest absolute Gasteiger partial charge is 0.492 e. The molecule has 3 rings (SSSR count). The Morgan fingerprint density at radius 1 is 1.48 bits per heavy atom. The van der Waals surface area contributed by atoms with E-state index in [2.05, 4.69) is 31.1 Å². The van der Waals surface area contributed by atoms with Gasteiger partial charge in [-0.25, -0.2) is 4.98 Å². The van der Waals surface area contributed by atoms with Gasteiger partial charge in [-0.15, -0.1) is 11.3 Å². The van der Waals surface area contributed by atoms with Crippen LogP contribution in [-0.2, 0) is 11.8 Å². The Morgan fingerprint density at radius 2 is 2.26 bits per heavy atom. The van der Waals surface area contributed by atoms with Crippen LogP contribution < -0.4 is 10.1 Å². The Bertz CT molecular complexity index is 736. The minimum absolute atomic E-state index is 0.0534. The molecule has 2 heterocycles. The molecule has 2 aromatic rings. The Balaban J connectivity index is 1.76. The van der Waals surface area contributed by atoms with Gasteiger partial charge in [0.15, 0.2) is 0 Å². The zero-order chi connectivity index (χ0) is 16.6. The number of hydrogen-bond acceptors (Lipinski definition) is 4. The van der Waals surface area contributed by atoms with Crippen molar-refractivity contribution in [3.63, 3.8) is 0 Å². The van der Waals surface area contributed by atoms with E-state index in [1.165, 1.54) is 0 Å². The van der Waals surface area contributed by atoms with E-state index >= 15 is 0 Å². The van der Waals surface area contributed by atoms with Crippen LogP contribution in [0.2, 0.25) is 0 Å². The number of amides is 1. The van der Waals surface area contributed by atoms with Crippen molar-refractivity contribution in [2.75, 3.05) is 6.61 Å². The van der Waals surface area contributed by atoms with Gasteiger partial charge in [-0.2, -0.15) is 0 Å². The third kappa shape index (κ3) is 3.11. The maximum Gasteiger partial charge on any atom is 0.251 e. The predicted molar refractivity (Wildman–Crippen MR) is 92.3 cm³/mol. The lowest BCUT2D eigenvalue weighted by Gasteiger charge is -2.16. The fourth-order valence-electron chi connectivity index (χ4n) is 2.70. The van der Waals surface area contributed by atoms with Crippen molar-refractivity contribution in [1.82, 2.24) is 10.3 Å². The number of aryl methyl sites for hydroxylation is 1. The summed E-state index contributed by atoms with van der Waals surface area (Å²) >= 11 is 1.64. The molecule has 0 radical (unpaired) electrons. The Kier molecular flexibility index (Phi) is 4.15. The molecule has 1 aromatic carbocycles. The second kappa shape index (κ2) is 5.96. The molecule has 1 amide bonds. The maximum atomic E-state index is 12.5. The summed E-state index contributed by atoms with van der Waals surface area (Å²) < 4.78 is 5.67. The molecule has 0 saturated heterocycles. The topological polar surface area (TPSA) is 51.2 Å². The number of nitrogens with zero attached hydrogens (tertiary/aromatic N) is 1. The molecule has 1 aliphatic rings. The Hall–Kier alpha value is -1.88. The van der Waals surface area contributed by atoms with Gasteiger partial charge in [0.05, 0.1) is 23.4 Å². The van der Waals surface area contributed by atoms with Crippen LogP contribution in [0.5, 0.6) is 5.75 Å². The lowest BCUT2D eigenvalue weighted by Crippen LogP contribution is -2.27. The van der Waals surface area contributed by atoms with E-state index in [0.29, 0.717) is 12.2 Å².